The molecule has 0 saturated heterocycles. The molecule has 29 heavy (non-hydrogen) atoms. The molecule has 0 radical (unpaired) electrons. The third-order valence-corrected chi connectivity index (χ3v) is 6.31. The number of nitrogens with one attached hydrogen (secondary N) is 1. The molecule has 8 nitrogen and oxygen atoms in total. The van der Waals surface area contributed by atoms with Crippen LogP contribution in [0.4, 0.5) is 5.69 Å². The molecule has 2 aliphatic carbocycles. The number of carbonyl (C=O) groups excluding carboxylic acids is 1. The van der Waals surface area contributed by atoms with Gasteiger partial charge in [-0.2, -0.15) is 5.10 Å². The number of aryl methyl sites for hydroxylation is 1. The van der Waals surface area contributed by atoms with Gasteiger partial charge in [0.15, 0.2) is 5.69 Å². The van der Waals surface area contributed by atoms with Crippen LogP contribution in [0.3, 0.4) is 0 Å². The van der Waals surface area contributed by atoms with E-state index < -0.39 is 16.3 Å². The highest BCUT2D eigenvalue weighted by Gasteiger charge is 2.38. The Bertz CT molecular complexity index is 1020. The van der Waals surface area contributed by atoms with Crippen molar-refractivity contribution >= 4 is 11.6 Å². The van der Waals surface area contributed by atoms with Crippen molar-refractivity contribution < 1.29 is 9.72 Å². The lowest BCUT2D eigenvalue weighted by atomic mass is 9.86. The highest BCUT2D eigenvalue weighted by molar-refractivity contribution is 5.92. The van der Waals surface area contributed by atoms with E-state index in [2.05, 4.69) is 10.4 Å². The summed E-state index contributed by atoms with van der Waals surface area (Å²) in [5.74, 6) is 1.76. The smallest absolute Gasteiger partial charge is 0.294 e. The molecule has 0 aliphatic heterocycles. The summed E-state index contributed by atoms with van der Waals surface area (Å²) in [6.07, 6.45) is 6.11. The summed E-state index contributed by atoms with van der Waals surface area (Å²) in [4.78, 5) is 35.8. The number of benzene rings is 1. The van der Waals surface area contributed by atoms with Gasteiger partial charge in [-0.1, -0.05) is 18.6 Å². The van der Waals surface area contributed by atoms with Crippen LogP contribution in [0.2, 0.25) is 0 Å². The van der Waals surface area contributed by atoms with Gasteiger partial charge in [-0.05, 0) is 56.4 Å². The lowest BCUT2D eigenvalue weighted by molar-refractivity contribution is -0.384. The first-order chi connectivity index (χ1) is 13.9. The number of nitro benzene ring substituents is 1. The fraction of sp³-hybridized carbons (Fsp3) is 0.476. The predicted molar refractivity (Wildman–Crippen MR) is 107 cm³/mol. The SMILES string of the molecule is Cc1cc(=O)c(C(=O)NCCC2CC3CCC2C3)nn1-c1ccccc1[N+](=O)[O-]. The van der Waals surface area contributed by atoms with Gasteiger partial charge < -0.3 is 5.32 Å². The minimum absolute atomic E-state index is 0.144. The molecule has 2 fully saturated rings. The van der Waals surface area contributed by atoms with Gasteiger partial charge in [-0.15, -0.1) is 0 Å². The maximum atomic E-state index is 12.6. The fourth-order valence-electron chi connectivity index (χ4n) is 4.93. The van der Waals surface area contributed by atoms with Gasteiger partial charge in [0.05, 0.1) is 4.92 Å². The zero-order valence-electron chi connectivity index (χ0n) is 16.3. The normalized spacial score (nSPS) is 22.6. The van der Waals surface area contributed by atoms with Gasteiger partial charge in [0.1, 0.15) is 5.69 Å². The minimum Gasteiger partial charge on any atom is -0.351 e. The third kappa shape index (κ3) is 3.79. The summed E-state index contributed by atoms with van der Waals surface area (Å²) in [6, 6.07) is 7.40. The molecule has 2 aliphatic rings. The molecule has 0 spiro atoms. The zero-order chi connectivity index (χ0) is 20.5. The van der Waals surface area contributed by atoms with Gasteiger partial charge in [-0.3, -0.25) is 19.7 Å². The van der Waals surface area contributed by atoms with Crippen LogP contribution in [0.1, 0.15) is 48.3 Å². The average molecular weight is 396 g/mol. The quantitative estimate of drug-likeness (QED) is 0.597. The van der Waals surface area contributed by atoms with Crippen molar-refractivity contribution in [1.29, 1.82) is 0 Å². The largest absolute Gasteiger partial charge is 0.351 e. The van der Waals surface area contributed by atoms with Crippen LogP contribution in [0.25, 0.3) is 5.69 Å². The first-order valence-corrected chi connectivity index (χ1v) is 10.1. The van der Waals surface area contributed by atoms with Crippen LogP contribution < -0.4 is 10.7 Å². The molecule has 3 atom stereocenters. The Labute approximate surface area is 168 Å². The highest BCUT2D eigenvalue weighted by Crippen LogP contribution is 2.49. The number of hydrogen-bond donors (Lipinski definition) is 1. The van der Waals surface area contributed by atoms with E-state index in [9.17, 15) is 19.7 Å². The Kier molecular flexibility index (Phi) is 5.17. The molecule has 8 heteroatoms. The summed E-state index contributed by atoms with van der Waals surface area (Å²) in [5.41, 5.74) is -0.250. The fourth-order valence-corrected chi connectivity index (χ4v) is 4.93. The van der Waals surface area contributed by atoms with E-state index in [1.54, 1.807) is 25.1 Å². The Hall–Kier alpha value is -3.03. The van der Waals surface area contributed by atoms with E-state index >= 15 is 0 Å². The molecule has 2 aromatic rings. The van der Waals surface area contributed by atoms with E-state index in [1.807, 2.05) is 0 Å². The average Bonchev–Trinajstić information content (AvgIpc) is 3.31. The number of aromatic nitrogens is 2. The molecular weight excluding hydrogens is 372 g/mol. The molecular formula is C21H24N4O4. The molecule has 152 valence electrons. The second-order valence-corrected chi connectivity index (χ2v) is 8.14. The maximum absolute atomic E-state index is 12.6. The molecule has 1 amide bonds. The van der Waals surface area contributed by atoms with Crippen molar-refractivity contribution in [3.05, 3.63) is 62.1 Å². The number of nitro groups is 1. The van der Waals surface area contributed by atoms with Crippen LogP contribution in [-0.2, 0) is 0 Å². The summed E-state index contributed by atoms with van der Waals surface area (Å²) in [6.45, 7) is 2.13. The summed E-state index contributed by atoms with van der Waals surface area (Å²) in [7, 11) is 0. The number of rotatable bonds is 6. The van der Waals surface area contributed by atoms with Gasteiger partial charge in [-0.25, -0.2) is 4.68 Å². The highest BCUT2D eigenvalue weighted by atomic mass is 16.6. The van der Waals surface area contributed by atoms with E-state index in [0.717, 1.165) is 18.3 Å². The zero-order valence-corrected chi connectivity index (χ0v) is 16.3. The van der Waals surface area contributed by atoms with Crippen molar-refractivity contribution in [3.63, 3.8) is 0 Å². The molecule has 4 rings (SSSR count). The molecule has 1 aromatic carbocycles. The molecule has 1 heterocycles. The van der Waals surface area contributed by atoms with E-state index in [1.165, 1.54) is 42.5 Å². The number of carbonyl (C=O) groups is 1. The first-order valence-electron chi connectivity index (χ1n) is 10.1. The predicted octanol–water partition coefficient (Wildman–Crippen LogP) is 3.01. The number of para-hydroxylation sites is 2. The van der Waals surface area contributed by atoms with Crippen molar-refractivity contribution in [2.24, 2.45) is 17.8 Å². The van der Waals surface area contributed by atoms with Gasteiger partial charge in [0.2, 0.25) is 5.43 Å². The second kappa shape index (κ2) is 7.77. The summed E-state index contributed by atoms with van der Waals surface area (Å²) < 4.78 is 1.28. The standard InChI is InChI=1S/C21H24N4O4/c1-13-10-19(26)20(23-24(13)17-4-2-3-5-18(17)25(28)29)21(27)22-9-8-16-12-14-6-7-15(16)11-14/h2-5,10,14-16H,6-9,11-12H2,1H3,(H,22,27). The third-order valence-electron chi connectivity index (χ3n) is 6.31. The van der Waals surface area contributed by atoms with Crippen molar-refractivity contribution in [2.45, 2.75) is 39.0 Å². The molecule has 3 unspecified atom stereocenters. The monoisotopic (exact) mass is 396 g/mol. The first kappa shape index (κ1) is 19.3. The number of amides is 1. The van der Waals surface area contributed by atoms with E-state index in [0.29, 0.717) is 18.2 Å². The minimum atomic E-state index is -0.537. The van der Waals surface area contributed by atoms with Crippen LogP contribution in [0.5, 0.6) is 0 Å². The van der Waals surface area contributed by atoms with Crippen LogP contribution in [-0.4, -0.2) is 27.2 Å². The molecule has 2 saturated carbocycles. The lowest BCUT2D eigenvalue weighted by Gasteiger charge is -2.21. The van der Waals surface area contributed by atoms with Crippen LogP contribution >= 0.6 is 0 Å². The topological polar surface area (TPSA) is 107 Å². The van der Waals surface area contributed by atoms with Crippen molar-refractivity contribution in [1.82, 2.24) is 15.1 Å². The van der Waals surface area contributed by atoms with Gasteiger partial charge >= 0.3 is 0 Å². The van der Waals surface area contributed by atoms with Crippen molar-refractivity contribution in [3.8, 4) is 5.69 Å². The number of fused-ring (bicyclic) bond motifs is 2. The molecule has 1 N–H and O–H groups in total. The Morgan fingerprint density at radius 1 is 1.31 bits per heavy atom. The van der Waals surface area contributed by atoms with Gasteiger partial charge in [0.25, 0.3) is 11.6 Å². The van der Waals surface area contributed by atoms with E-state index in [-0.39, 0.29) is 17.1 Å². The number of hydrogen-bond acceptors (Lipinski definition) is 5. The van der Waals surface area contributed by atoms with E-state index in [4.69, 9.17) is 0 Å². The Morgan fingerprint density at radius 3 is 2.79 bits per heavy atom. The Balaban J connectivity index is 1.52. The molecule has 2 bridgehead atoms. The lowest BCUT2D eigenvalue weighted by Crippen LogP contribution is -2.33. The van der Waals surface area contributed by atoms with Crippen LogP contribution in [0.15, 0.2) is 35.1 Å². The van der Waals surface area contributed by atoms with Gasteiger partial charge in [0, 0.05) is 24.4 Å². The second-order valence-electron chi connectivity index (χ2n) is 8.14. The summed E-state index contributed by atoms with van der Waals surface area (Å²) >= 11 is 0. The number of nitrogens with zero attached hydrogens (tertiary/aromatic N) is 3. The van der Waals surface area contributed by atoms with Crippen LogP contribution in [0, 0.1) is 34.8 Å². The molecule has 1 aromatic heterocycles. The summed E-state index contributed by atoms with van der Waals surface area (Å²) in [5, 5.41) is 18.3. The maximum Gasteiger partial charge on any atom is 0.294 e. The van der Waals surface area contributed by atoms with Crippen molar-refractivity contribution in [2.75, 3.05) is 6.54 Å². The Morgan fingerprint density at radius 2 is 2.10 bits per heavy atom.